The van der Waals surface area contributed by atoms with Crippen LogP contribution in [0.2, 0.25) is 0 Å². The highest BCUT2D eigenvalue weighted by molar-refractivity contribution is 5.46. The lowest BCUT2D eigenvalue weighted by molar-refractivity contribution is -0.0553. The van der Waals surface area contributed by atoms with E-state index in [1.807, 2.05) is 0 Å². The van der Waals surface area contributed by atoms with E-state index in [2.05, 4.69) is 62.4 Å². The van der Waals surface area contributed by atoms with Crippen LogP contribution in [0.3, 0.4) is 0 Å². The molecule has 1 aliphatic rings. The van der Waals surface area contributed by atoms with Crippen LogP contribution in [-0.2, 0) is 11.3 Å². The molecule has 19 heavy (non-hydrogen) atoms. The van der Waals surface area contributed by atoms with E-state index >= 15 is 0 Å². The molecule has 0 spiro atoms. The molecule has 0 saturated carbocycles. The summed E-state index contributed by atoms with van der Waals surface area (Å²) in [7, 11) is 4.20. The van der Waals surface area contributed by atoms with Crippen molar-refractivity contribution in [2.24, 2.45) is 0 Å². The maximum absolute atomic E-state index is 5.76. The molecular formula is C16H26N2O. The average molecular weight is 262 g/mol. The summed E-state index contributed by atoms with van der Waals surface area (Å²) in [6.07, 6.45) is 2.15. The third kappa shape index (κ3) is 4.51. The van der Waals surface area contributed by atoms with Crippen LogP contribution in [0.1, 0.15) is 32.3 Å². The molecule has 106 valence electrons. The van der Waals surface area contributed by atoms with E-state index in [4.69, 9.17) is 4.74 Å². The van der Waals surface area contributed by atoms with Gasteiger partial charge in [-0.15, -0.1) is 0 Å². The zero-order valence-electron chi connectivity index (χ0n) is 12.6. The summed E-state index contributed by atoms with van der Waals surface area (Å²) < 4.78 is 5.76. The van der Waals surface area contributed by atoms with Crippen molar-refractivity contribution in [2.45, 2.75) is 44.9 Å². The summed E-state index contributed by atoms with van der Waals surface area (Å²) in [6, 6.07) is 9.23. The number of hydrogen-bond acceptors (Lipinski definition) is 3. The fraction of sp³-hybridized carbons (Fsp3) is 0.625. The van der Waals surface area contributed by atoms with Crippen LogP contribution in [0.15, 0.2) is 24.3 Å². The van der Waals surface area contributed by atoms with E-state index in [0.29, 0.717) is 6.04 Å². The molecule has 1 N–H and O–H groups in total. The Morgan fingerprint density at radius 3 is 2.84 bits per heavy atom. The fourth-order valence-electron chi connectivity index (χ4n) is 2.72. The van der Waals surface area contributed by atoms with Gasteiger partial charge in [0, 0.05) is 24.9 Å². The first kappa shape index (κ1) is 14.4. The highest BCUT2D eigenvalue weighted by Gasteiger charge is 2.28. The van der Waals surface area contributed by atoms with Crippen molar-refractivity contribution < 1.29 is 4.74 Å². The monoisotopic (exact) mass is 262 g/mol. The number of nitrogens with one attached hydrogen (secondary N) is 1. The molecule has 0 bridgehead atoms. The summed E-state index contributed by atoms with van der Waals surface area (Å²) in [6.45, 7) is 6.17. The second kappa shape index (κ2) is 5.93. The molecule has 1 heterocycles. The fourth-order valence-corrected chi connectivity index (χ4v) is 2.72. The van der Waals surface area contributed by atoms with Gasteiger partial charge in [-0.25, -0.2) is 0 Å². The van der Waals surface area contributed by atoms with Crippen molar-refractivity contribution in [1.82, 2.24) is 4.90 Å². The Morgan fingerprint density at radius 1 is 1.37 bits per heavy atom. The van der Waals surface area contributed by atoms with E-state index in [1.165, 1.54) is 11.3 Å². The standard InChI is InChI=1S/C16H26N2O/c1-16(2)11-15(8-9-19-16)17-14-7-5-6-13(10-14)12-18(3)4/h5-7,10,15,17H,8-9,11-12H2,1-4H3. The molecule has 3 nitrogen and oxygen atoms in total. The number of rotatable bonds is 4. The number of nitrogens with zero attached hydrogens (tertiary/aromatic N) is 1. The van der Waals surface area contributed by atoms with Crippen LogP contribution < -0.4 is 5.32 Å². The molecule has 1 saturated heterocycles. The maximum atomic E-state index is 5.76. The van der Waals surface area contributed by atoms with Gasteiger partial charge in [-0.2, -0.15) is 0 Å². The van der Waals surface area contributed by atoms with Gasteiger partial charge in [0.2, 0.25) is 0 Å². The van der Waals surface area contributed by atoms with Gasteiger partial charge in [-0.1, -0.05) is 12.1 Å². The Balaban J connectivity index is 1.98. The molecule has 1 fully saturated rings. The smallest absolute Gasteiger partial charge is 0.0646 e. The van der Waals surface area contributed by atoms with Crippen molar-refractivity contribution in [3.63, 3.8) is 0 Å². The van der Waals surface area contributed by atoms with Gasteiger partial charge in [-0.3, -0.25) is 0 Å². The molecule has 0 aliphatic carbocycles. The second-order valence-electron chi connectivity index (χ2n) is 6.38. The van der Waals surface area contributed by atoms with Gasteiger partial charge in [0.15, 0.2) is 0 Å². The lowest BCUT2D eigenvalue weighted by atomic mass is 9.94. The summed E-state index contributed by atoms with van der Waals surface area (Å²) in [5, 5.41) is 3.65. The Kier molecular flexibility index (Phi) is 4.48. The SMILES string of the molecule is CN(C)Cc1cccc(NC2CCOC(C)(C)C2)c1. The summed E-state index contributed by atoms with van der Waals surface area (Å²) in [5.74, 6) is 0. The highest BCUT2D eigenvalue weighted by atomic mass is 16.5. The van der Waals surface area contributed by atoms with Crippen molar-refractivity contribution in [3.05, 3.63) is 29.8 Å². The molecule has 1 atom stereocenters. The largest absolute Gasteiger partial charge is 0.382 e. The summed E-state index contributed by atoms with van der Waals surface area (Å²) >= 11 is 0. The lowest BCUT2D eigenvalue weighted by Crippen LogP contribution is -2.40. The molecule has 3 heteroatoms. The quantitative estimate of drug-likeness (QED) is 0.902. The van der Waals surface area contributed by atoms with Gasteiger partial charge in [0.25, 0.3) is 0 Å². The highest BCUT2D eigenvalue weighted by Crippen LogP contribution is 2.26. The Labute approximate surface area is 116 Å². The van der Waals surface area contributed by atoms with Crippen LogP contribution in [0.4, 0.5) is 5.69 Å². The molecule has 1 unspecified atom stereocenters. The minimum Gasteiger partial charge on any atom is -0.382 e. The van der Waals surface area contributed by atoms with Crippen LogP contribution in [0, 0.1) is 0 Å². The van der Waals surface area contributed by atoms with Crippen LogP contribution in [0.5, 0.6) is 0 Å². The first-order valence-electron chi connectivity index (χ1n) is 7.09. The minimum absolute atomic E-state index is 0.00281. The Morgan fingerprint density at radius 2 is 2.16 bits per heavy atom. The Hall–Kier alpha value is -1.06. The second-order valence-corrected chi connectivity index (χ2v) is 6.38. The Bertz CT molecular complexity index is 415. The van der Waals surface area contributed by atoms with E-state index in [0.717, 1.165) is 26.0 Å². The van der Waals surface area contributed by atoms with Crippen LogP contribution in [0.25, 0.3) is 0 Å². The number of anilines is 1. The number of ether oxygens (including phenoxy) is 1. The summed E-state index contributed by atoms with van der Waals surface area (Å²) in [5.41, 5.74) is 2.57. The van der Waals surface area contributed by atoms with Crippen molar-refractivity contribution in [3.8, 4) is 0 Å². The van der Waals surface area contributed by atoms with E-state index in [9.17, 15) is 0 Å². The van der Waals surface area contributed by atoms with Crippen molar-refractivity contribution >= 4 is 5.69 Å². The van der Waals surface area contributed by atoms with Gasteiger partial charge in [-0.05, 0) is 58.5 Å². The molecule has 1 aliphatic heterocycles. The third-order valence-corrected chi connectivity index (χ3v) is 3.49. The number of benzene rings is 1. The van der Waals surface area contributed by atoms with Crippen LogP contribution in [-0.4, -0.2) is 37.2 Å². The zero-order valence-corrected chi connectivity index (χ0v) is 12.6. The molecule has 0 radical (unpaired) electrons. The molecule has 2 rings (SSSR count). The average Bonchev–Trinajstić information content (AvgIpc) is 2.26. The topological polar surface area (TPSA) is 24.5 Å². The molecular weight excluding hydrogens is 236 g/mol. The minimum atomic E-state index is -0.00281. The van der Waals surface area contributed by atoms with Crippen LogP contribution >= 0.6 is 0 Å². The first-order valence-corrected chi connectivity index (χ1v) is 7.09. The van der Waals surface area contributed by atoms with Gasteiger partial charge >= 0.3 is 0 Å². The van der Waals surface area contributed by atoms with E-state index < -0.39 is 0 Å². The third-order valence-electron chi connectivity index (χ3n) is 3.49. The number of hydrogen-bond donors (Lipinski definition) is 1. The van der Waals surface area contributed by atoms with Gasteiger partial charge < -0.3 is 15.0 Å². The van der Waals surface area contributed by atoms with Crippen molar-refractivity contribution in [2.75, 3.05) is 26.0 Å². The lowest BCUT2D eigenvalue weighted by Gasteiger charge is -2.36. The van der Waals surface area contributed by atoms with Crippen molar-refractivity contribution in [1.29, 1.82) is 0 Å². The normalized spacial score (nSPS) is 22.5. The predicted octanol–water partition coefficient (Wildman–Crippen LogP) is 3.12. The zero-order chi connectivity index (χ0) is 13.9. The van der Waals surface area contributed by atoms with E-state index in [-0.39, 0.29) is 5.60 Å². The summed E-state index contributed by atoms with van der Waals surface area (Å²) in [4.78, 5) is 2.19. The predicted molar refractivity (Wildman–Crippen MR) is 80.5 cm³/mol. The van der Waals surface area contributed by atoms with Gasteiger partial charge in [0.1, 0.15) is 0 Å². The van der Waals surface area contributed by atoms with E-state index in [1.54, 1.807) is 0 Å². The van der Waals surface area contributed by atoms with Gasteiger partial charge in [0.05, 0.1) is 5.60 Å². The molecule has 1 aromatic rings. The molecule has 1 aromatic carbocycles. The maximum Gasteiger partial charge on any atom is 0.0646 e. The molecule has 0 aromatic heterocycles. The first-order chi connectivity index (χ1) is 8.94. The molecule has 0 amide bonds.